The van der Waals surface area contributed by atoms with Crippen molar-refractivity contribution in [1.29, 1.82) is 0 Å². The van der Waals surface area contributed by atoms with Crippen molar-refractivity contribution < 1.29 is 9.18 Å². The molecule has 0 saturated carbocycles. The van der Waals surface area contributed by atoms with Gasteiger partial charge in [-0.3, -0.25) is 14.7 Å². The van der Waals surface area contributed by atoms with Gasteiger partial charge in [0.1, 0.15) is 5.82 Å². The molecule has 2 heterocycles. The van der Waals surface area contributed by atoms with Crippen molar-refractivity contribution in [2.45, 2.75) is 25.8 Å². The number of aryl methyl sites for hydroxylation is 1. The van der Waals surface area contributed by atoms with Crippen LogP contribution in [0.15, 0.2) is 79.0 Å². The quantitative estimate of drug-likeness (QED) is 0.558. The Labute approximate surface area is 189 Å². The molecule has 1 amide bonds. The Kier molecular flexibility index (Phi) is 7.62. The summed E-state index contributed by atoms with van der Waals surface area (Å²) in [7, 11) is 0. The number of halogens is 1. The first kappa shape index (κ1) is 22.2. The third-order valence-corrected chi connectivity index (χ3v) is 6.05. The molecule has 4 rings (SSSR count). The Hall–Kier alpha value is -3.05. The molecule has 0 unspecified atom stereocenters. The lowest BCUT2D eigenvalue weighted by Crippen LogP contribution is -2.36. The molecule has 1 fully saturated rings. The first-order chi connectivity index (χ1) is 15.7. The number of hydrogen-bond donors (Lipinski definition) is 0. The number of carbonyl (C=O) groups excluding carboxylic acids is 1. The fraction of sp³-hybridized carbons (Fsp3) is 0.333. The summed E-state index contributed by atoms with van der Waals surface area (Å²) in [6.07, 6.45) is 3.77. The molecule has 4 nitrogen and oxygen atoms in total. The van der Waals surface area contributed by atoms with Crippen molar-refractivity contribution in [3.63, 3.8) is 0 Å². The Bertz CT molecular complexity index is 979. The highest BCUT2D eigenvalue weighted by Gasteiger charge is 2.26. The standard InChI is InChI=1S/C27H30FN3O/c28-25-12-9-22(10-13-25)11-14-27(32)31-17-16-30(19-23-6-2-1-3-7-23)20-24(21-31)18-26-8-4-5-15-29-26/h1-10,12-13,15,24H,11,14,16-21H2/t24-/m1/s1. The van der Waals surface area contributed by atoms with Gasteiger partial charge < -0.3 is 4.90 Å². The third kappa shape index (κ3) is 6.47. The maximum atomic E-state index is 13.2. The number of amides is 1. The van der Waals surface area contributed by atoms with Crippen LogP contribution in [0.2, 0.25) is 0 Å². The molecule has 1 aliphatic rings. The second-order valence-electron chi connectivity index (χ2n) is 8.58. The monoisotopic (exact) mass is 431 g/mol. The van der Waals surface area contributed by atoms with Crippen molar-refractivity contribution in [2.75, 3.05) is 26.2 Å². The van der Waals surface area contributed by atoms with E-state index in [0.717, 1.165) is 50.4 Å². The van der Waals surface area contributed by atoms with E-state index in [9.17, 15) is 9.18 Å². The minimum atomic E-state index is -0.247. The van der Waals surface area contributed by atoms with Crippen LogP contribution in [-0.2, 0) is 24.2 Å². The summed E-state index contributed by atoms with van der Waals surface area (Å²) in [5, 5.41) is 0. The highest BCUT2D eigenvalue weighted by molar-refractivity contribution is 5.76. The van der Waals surface area contributed by atoms with Crippen LogP contribution in [0.1, 0.15) is 23.2 Å². The molecule has 0 radical (unpaired) electrons. The molecule has 0 spiro atoms. The fourth-order valence-corrected chi connectivity index (χ4v) is 4.40. The van der Waals surface area contributed by atoms with Crippen LogP contribution in [0.5, 0.6) is 0 Å². The van der Waals surface area contributed by atoms with E-state index in [1.54, 1.807) is 12.1 Å². The summed E-state index contributed by atoms with van der Waals surface area (Å²) in [5.41, 5.74) is 3.35. The van der Waals surface area contributed by atoms with Gasteiger partial charge in [0.25, 0.3) is 0 Å². The van der Waals surface area contributed by atoms with Gasteiger partial charge in [0, 0.05) is 51.0 Å². The lowest BCUT2D eigenvalue weighted by molar-refractivity contribution is -0.131. The lowest BCUT2D eigenvalue weighted by Gasteiger charge is -2.24. The SMILES string of the molecule is O=C(CCc1ccc(F)cc1)N1CCN(Cc2ccccc2)C[C@@H](Cc2ccccn2)C1. The maximum Gasteiger partial charge on any atom is 0.222 e. The Morgan fingerprint density at radius 3 is 2.44 bits per heavy atom. The Balaban J connectivity index is 1.42. The minimum Gasteiger partial charge on any atom is -0.341 e. The molecule has 1 aliphatic heterocycles. The summed E-state index contributed by atoms with van der Waals surface area (Å²) in [4.78, 5) is 22.1. The predicted octanol–water partition coefficient (Wildman–Crippen LogP) is 4.36. The zero-order chi connectivity index (χ0) is 22.2. The molecular formula is C27H30FN3O. The molecule has 166 valence electrons. The van der Waals surface area contributed by atoms with Crippen LogP contribution in [-0.4, -0.2) is 46.9 Å². The van der Waals surface area contributed by atoms with E-state index in [4.69, 9.17) is 0 Å². The Morgan fingerprint density at radius 2 is 1.69 bits per heavy atom. The number of hydrogen-bond acceptors (Lipinski definition) is 3. The molecule has 5 heteroatoms. The van der Waals surface area contributed by atoms with Gasteiger partial charge in [-0.15, -0.1) is 0 Å². The third-order valence-electron chi connectivity index (χ3n) is 6.05. The Morgan fingerprint density at radius 1 is 0.906 bits per heavy atom. The van der Waals surface area contributed by atoms with Crippen molar-refractivity contribution in [3.05, 3.63) is 102 Å². The van der Waals surface area contributed by atoms with Crippen molar-refractivity contribution in [1.82, 2.24) is 14.8 Å². The number of rotatable bonds is 7. The second-order valence-corrected chi connectivity index (χ2v) is 8.58. The normalized spacial score (nSPS) is 17.2. The summed E-state index contributed by atoms with van der Waals surface area (Å²) >= 11 is 0. The average Bonchev–Trinajstić information content (AvgIpc) is 3.02. The van der Waals surface area contributed by atoms with Crippen molar-refractivity contribution in [3.8, 4) is 0 Å². The van der Waals surface area contributed by atoms with Crippen LogP contribution in [0, 0.1) is 11.7 Å². The highest BCUT2D eigenvalue weighted by Crippen LogP contribution is 2.18. The van der Waals surface area contributed by atoms with Crippen molar-refractivity contribution in [2.24, 2.45) is 5.92 Å². The fourth-order valence-electron chi connectivity index (χ4n) is 4.40. The van der Waals surface area contributed by atoms with Crippen LogP contribution >= 0.6 is 0 Å². The van der Waals surface area contributed by atoms with E-state index < -0.39 is 0 Å². The average molecular weight is 432 g/mol. The summed E-state index contributed by atoms with van der Waals surface area (Å²) < 4.78 is 13.2. The molecule has 1 saturated heterocycles. The summed E-state index contributed by atoms with van der Waals surface area (Å²) in [6, 6.07) is 22.9. The van der Waals surface area contributed by atoms with Gasteiger partial charge in [-0.1, -0.05) is 48.5 Å². The number of carbonyl (C=O) groups is 1. The molecule has 3 aromatic rings. The molecule has 1 aromatic heterocycles. The lowest BCUT2D eigenvalue weighted by atomic mass is 10.0. The van der Waals surface area contributed by atoms with Crippen molar-refractivity contribution >= 4 is 5.91 Å². The zero-order valence-corrected chi connectivity index (χ0v) is 18.4. The zero-order valence-electron chi connectivity index (χ0n) is 18.4. The molecule has 2 aromatic carbocycles. The van der Waals surface area contributed by atoms with Gasteiger partial charge in [-0.25, -0.2) is 4.39 Å². The summed E-state index contributed by atoms with van der Waals surface area (Å²) in [5.74, 6) is 0.247. The van der Waals surface area contributed by atoms with Gasteiger partial charge in [0.15, 0.2) is 0 Å². The van der Waals surface area contributed by atoms with Gasteiger partial charge >= 0.3 is 0 Å². The van der Waals surface area contributed by atoms with Gasteiger partial charge in [0.2, 0.25) is 5.91 Å². The van der Waals surface area contributed by atoms with Crippen LogP contribution in [0.25, 0.3) is 0 Å². The topological polar surface area (TPSA) is 36.4 Å². The molecule has 0 bridgehead atoms. The first-order valence-electron chi connectivity index (χ1n) is 11.3. The predicted molar refractivity (Wildman–Crippen MR) is 124 cm³/mol. The van der Waals surface area contributed by atoms with Crippen LogP contribution in [0.4, 0.5) is 4.39 Å². The van der Waals surface area contributed by atoms with Gasteiger partial charge in [0.05, 0.1) is 0 Å². The maximum absolute atomic E-state index is 13.2. The van der Waals surface area contributed by atoms with Gasteiger partial charge in [-0.05, 0) is 54.2 Å². The van der Waals surface area contributed by atoms with Gasteiger partial charge in [-0.2, -0.15) is 0 Å². The number of pyridine rings is 1. The van der Waals surface area contributed by atoms with Crippen LogP contribution < -0.4 is 0 Å². The summed E-state index contributed by atoms with van der Waals surface area (Å²) in [6.45, 7) is 4.15. The van der Waals surface area contributed by atoms with E-state index in [1.165, 1.54) is 17.7 Å². The van der Waals surface area contributed by atoms with E-state index in [2.05, 4.69) is 40.2 Å². The first-order valence-corrected chi connectivity index (χ1v) is 11.3. The van der Waals surface area contributed by atoms with E-state index in [-0.39, 0.29) is 11.7 Å². The van der Waals surface area contributed by atoms with E-state index in [0.29, 0.717) is 18.8 Å². The largest absolute Gasteiger partial charge is 0.341 e. The molecule has 0 N–H and O–H groups in total. The van der Waals surface area contributed by atoms with E-state index in [1.807, 2.05) is 29.3 Å². The minimum absolute atomic E-state index is 0.168. The van der Waals surface area contributed by atoms with E-state index >= 15 is 0 Å². The smallest absolute Gasteiger partial charge is 0.222 e. The second kappa shape index (κ2) is 11.0. The van der Waals surface area contributed by atoms with Crippen LogP contribution in [0.3, 0.4) is 0 Å². The molecule has 32 heavy (non-hydrogen) atoms. The molecule has 1 atom stereocenters. The highest BCUT2D eigenvalue weighted by atomic mass is 19.1. The molecule has 0 aliphatic carbocycles. The number of benzene rings is 2. The number of nitrogens with zero attached hydrogens (tertiary/aromatic N) is 3. The number of aromatic nitrogens is 1. The molecular weight excluding hydrogens is 401 g/mol.